The Morgan fingerprint density at radius 1 is 1.16 bits per heavy atom. The maximum Gasteiger partial charge on any atom is 0.225 e. The van der Waals surface area contributed by atoms with Crippen LogP contribution in [0.2, 0.25) is 0 Å². The van der Waals surface area contributed by atoms with Crippen molar-refractivity contribution >= 4 is 27.6 Å². The minimum absolute atomic E-state index is 0.318. The summed E-state index contributed by atoms with van der Waals surface area (Å²) in [6, 6.07) is 8.21. The molecule has 0 spiro atoms. The maximum atomic E-state index is 5.70. The third-order valence-corrected chi connectivity index (χ3v) is 3.23. The summed E-state index contributed by atoms with van der Waals surface area (Å²) in [5, 5.41) is 0. The highest BCUT2D eigenvalue weighted by molar-refractivity contribution is 9.10. The highest BCUT2D eigenvalue weighted by Gasteiger charge is 2.13. The molecule has 1 heterocycles. The molecule has 2 aromatic rings. The van der Waals surface area contributed by atoms with Gasteiger partial charge in [-0.2, -0.15) is 0 Å². The van der Waals surface area contributed by atoms with Crippen molar-refractivity contribution < 1.29 is 0 Å². The number of nitrogens with zero attached hydrogens (tertiary/aromatic N) is 3. The lowest BCUT2D eigenvalue weighted by molar-refractivity contribution is 0.660. The average molecular weight is 321 g/mol. The van der Waals surface area contributed by atoms with E-state index in [1.165, 1.54) is 5.56 Å². The SMILES string of the molecule is CC(C)N(Cc1ccc(N)cc1)c1ncc(Br)cn1. The van der Waals surface area contributed by atoms with E-state index in [0.717, 1.165) is 22.7 Å². The summed E-state index contributed by atoms with van der Waals surface area (Å²) in [6.07, 6.45) is 3.53. The molecular formula is C14H17BrN4. The second kappa shape index (κ2) is 6.02. The Balaban J connectivity index is 2.21. The van der Waals surface area contributed by atoms with Gasteiger partial charge < -0.3 is 10.6 Å². The smallest absolute Gasteiger partial charge is 0.225 e. The van der Waals surface area contributed by atoms with Gasteiger partial charge in [0.05, 0.1) is 4.47 Å². The van der Waals surface area contributed by atoms with Crippen LogP contribution in [-0.4, -0.2) is 16.0 Å². The summed E-state index contributed by atoms with van der Waals surface area (Å²) >= 11 is 3.35. The van der Waals surface area contributed by atoms with E-state index in [1.807, 2.05) is 24.3 Å². The summed E-state index contributed by atoms with van der Waals surface area (Å²) in [7, 11) is 0. The number of rotatable bonds is 4. The first-order valence-electron chi connectivity index (χ1n) is 6.15. The number of nitrogens with two attached hydrogens (primary N) is 1. The van der Waals surface area contributed by atoms with Crippen LogP contribution in [0.25, 0.3) is 0 Å². The van der Waals surface area contributed by atoms with Gasteiger partial charge in [0.2, 0.25) is 5.95 Å². The molecule has 100 valence electrons. The van der Waals surface area contributed by atoms with Gasteiger partial charge in [0.1, 0.15) is 0 Å². The molecule has 0 bridgehead atoms. The fourth-order valence-corrected chi connectivity index (χ4v) is 1.96. The van der Waals surface area contributed by atoms with Crippen LogP contribution in [-0.2, 0) is 6.54 Å². The number of hydrogen-bond donors (Lipinski definition) is 1. The Hall–Kier alpha value is -1.62. The number of nitrogen functional groups attached to an aromatic ring is 1. The second-order valence-corrected chi connectivity index (χ2v) is 5.58. The maximum absolute atomic E-state index is 5.70. The molecule has 2 N–H and O–H groups in total. The molecule has 0 aliphatic rings. The molecular weight excluding hydrogens is 304 g/mol. The molecule has 1 aromatic carbocycles. The lowest BCUT2D eigenvalue weighted by Gasteiger charge is -2.26. The molecule has 0 aliphatic carbocycles. The van der Waals surface area contributed by atoms with E-state index < -0.39 is 0 Å². The molecule has 0 atom stereocenters. The minimum atomic E-state index is 0.318. The fourth-order valence-electron chi connectivity index (χ4n) is 1.76. The Morgan fingerprint density at radius 2 is 1.74 bits per heavy atom. The monoisotopic (exact) mass is 320 g/mol. The molecule has 0 fully saturated rings. The van der Waals surface area contributed by atoms with Gasteiger partial charge in [0.15, 0.2) is 0 Å². The van der Waals surface area contributed by atoms with Gasteiger partial charge in [0, 0.05) is 30.7 Å². The van der Waals surface area contributed by atoms with Crippen molar-refractivity contribution in [2.24, 2.45) is 0 Å². The van der Waals surface area contributed by atoms with Crippen LogP contribution in [0.3, 0.4) is 0 Å². The van der Waals surface area contributed by atoms with Crippen LogP contribution >= 0.6 is 15.9 Å². The molecule has 4 nitrogen and oxygen atoms in total. The van der Waals surface area contributed by atoms with Crippen molar-refractivity contribution in [3.63, 3.8) is 0 Å². The molecule has 5 heteroatoms. The Kier molecular flexibility index (Phi) is 4.37. The number of hydrogen-bond acceptors (Lipinski definition) is 4. The summed E-state index contributed by atoms with van der Waals surface area (Å²) in [5.41, 5.74) is 7.67. The number of aromatic nitrogens is 2. The molecule has 19 heavy (non-hydrogen) atoms. The first-order valence-corrected chi connectivity index (χ1v) is 6.94. The standard InChI is InChI=1S/C14H17BrN4/c1-10(2)19(14-17-7-12(15)8-18-14)9-11-3-5-13(16)6-4-11/h3-8,10H,9,16H2,1-2H3. The van der Waals surface area contributed by atoms with Crippen molar-refractivity contribution in [1.82, 2.24) is 9.97 Å². The lowest BCUT2D eigenvalue weighted by atomic mass is 10.2. The van der Waals surface area contributed by atoms with E-state index in [4.69, 9.17) is 5.73 Å². The van der Waals surface area contributed by atoms with Crippen molar-refractivity contribution in [1.29, 1.82) is 0 Å². The Bertz CT molecular complexity index is 522. The van der Waals surface area contributed by atoms with Gasteiger partial charge in [-0.25, -0.2) is 9.97 Å². The number of halogens is 1. The summed E-state index contributed by atoms with van der Waals surface area (Å²) in [6.45, 7) is 5.02. The molecule has 0 unspecified atom stereocenters. The van der Waals surface area contributed by atoms with Crippen molar-refractivity contribution in [3.8, 4) is 0 Å². The summed E-state index contributed by atoms with van der Waals surface area (Å²) < 4.78 is 0.882. The van der Waals surface area contributed by atoms with Crippen LogP contribution in [0, 0.1) is 0 Å². The quantitative estimate of drug-likeness (QED) is 0.879. The molecule has 2 rings (SSSR count). The lowest BCUT2D eigenvalue weighted by Crippen LogP contribution is -2.31. The second-order valence-electron chi connectivity index (χ2n) is 4.66. The third-order valence-electron chi connectivity index (χ3n) is 2.82. The predicted molar refractivity (Wildman–Crippen MR) is 81.9 cm³/mol. The van der Waals surface area contributed by atoms with Gasteiger partial charge >= 0.3 is 0 Å². The first-order chi connectivity index (χ1) is 9.06. The van der Waals surface area contributed by atoms with Crippen LogP contribution in [0.4, 0.5) is 11.6 Å². The van der Waals surface area contributed by atoms with Gasteiger partial charge in [-0.15, -0.1) is 0 Å². The predicted octanol–water partition coefficient (Wildman–Crippen LogP) is 3.24. The molecule has 0 amide bonds. The number of anilines is 2. The van der Waals surface area contributed by atoms with Gasteiger partial charge in [0.25, 0.3) is 0 Å². The fraction of sp³-hybridized carbons (Fsp3) is 0.286. The summed E-state index contributed by atoms with van der Waals surface area (Å²) in [4.78, 5) is 10.9. The normalized spacial score (nSPS) is 10.7. The van der Waals surface area contributed by atoms with E-state index in [-0.39, 0.29) is 0 Å². The molecule has 0 aliphatic heterocycles. The van der Waals surface area contributed by atoms with E-state index in [0.29, 0.717) is 6.04 Å². The Labute approximate surface area is 121 Å². The highest BCUT2D eigenvalue weighted by Crippen LogP contribution is 2.17. The van der Waals surface area contributed by atoms with E-state index in [9.17, 15) is 0 Å². The number of benzene rings is 1. The van der Waals surface area contributed by atoms with Crippen molar-refractivity contribution in [2.45, 2.75) is 26.4 Å². The highest BCUT2D eigenvalue weighted by atomic mass is 79.9. The van der Waals surface area contributed by atoms with Crippen LogP contribution in [0.15, 0.2) is 41.1 Å². The largest absolute Gasteiger partial charge is 0.399 e. The zero-order chi connectivity index (χ0) is 13.8. The molecule has 0 radical (unpaired) electrons. The zero-order valence-electron chi connectivity index (χ0n) is 11.0. The van der Waals surface area contributed by atoms with Crippen LogP contribution in [0.1, 0.15) is 19.4 Å². The first kappa shape index (κ1) is 13.8. The van der Waals surface area contributed by atoms with Crippen LogP contribution in [0.5, 0.6) is 0 Å². The van der Waals surface area contributed by atoms with E-state index in [2.05, 4.69) is 44.6 Å². The van der Waals surface area contributed by atoms with Crippen molar-refractivity contribution in [2.75, 3.05) is 10.6 Å². The Morgan fingerprint density at radius 3 is 2.26 bits per heavy atom. The average Bonchev–Trinajstić information content (AvgIpc) is 2.39. The van der Waals surface area contributed by atoms with Crippen LogP contribution < -0.4 is 10.6 Å². The van der Waals surface area contributed by atoms with Crippen molar-refractivity contribution in [3.05, 3.63) is 46.7 Å². The van der Waals surface area contributed by atoms with E-state index in [1.54, 1.807) is 12.4 Å². The van der Waals surface area contributed by atoms with E-state index >= 15 is 0 Å². The topological polar surface area (TPSA) is 55.0 Å². The van der Waals surface area contributed by atoms with Gasteiger partial charge in [-0.3, -0.25) is 0 Å². The third kappa shape index (κ3) is 3.67. The zero-order valence-corrected chi connectivity index (χ0v) is 12.6. The minimum Gasteiger partial charge on any atom is -0.399 e. The molecule has 1 aromatic heterocycles. The van der Waals surface area contributed by atoms with Gasteiger partial charge in [-0.05, 0) is 47.5 Å². The van der Waals surface area contributed by atoms with Gasteiger partial charge in [-0.1, -0.05) is 12.1 Å². The summed E-state index contributed by atoms with van der Waals surface area (Å²) in [5.74, 6) is 0.732. The molecule has 0 saturated carbocycles. The molecule has 0 saturated heterocycles.